The van der Waals surface area contributed by atoms with Crippen LogP contribution in [0.2, 0.25) is 5.02 Å². The first-order chi connectivity index (χ1) is 22.2. The van der Waals surface area contributed by atoms with Crippen LogP contribution < -0.4 is 10.3 Å². The molecule has 0 saturated carbocycles. The number of hydrogen-bond donors (Lipinski definition) is 1. The third kappa shape index (κ3) is 5.95. The van der Waals surface area contributed by atoms with Crippen molar-refractivity contribution in [1.29, 1.82) is 0 Å². The van der Waals surface area contributed by atoms with E-state index in [4.69, 9.17) is 30.8 Å². The number of aromatic nitrogens is 3. The number of nitrogens with zero attached hydrogens (tertiary/aromatic N) is 4. The lowest BCUT2D eigenvalue weighted by atomic mass is 9.86. The second-order valence-electron chi connectivity index (χ2n) is 12.5. The van der Waals surface area contributed by atoms with Gasteiger partial charge in [0.25, 0.3) is 5.56 Å². The summed E-state index contributed by atoms with van der Waals surface area (Å²) >= 11 is 7.76. The highest BCUT2D eigenvalue weighted by atomic mass is 35.5. The number of halogens is 1. The second-order valence-corrected chi connectivity index (χ2v) is 13.8. The lowest BCUT2D eigenvalue weighted by Gasteiger charge is -2.46. The number of aromatic carboxylic acids is 1. The first-order valence-electron chi connectivity index (χ1n) is 15.8. The Labute approximate surface area is 275 Å². The Morgan fingerprint density at radius 2 is 2.00 bits per heavy atom. The third-order valence-corrected chi connectivity index (χ3v) is 10.8. The van der Waals surface area contributed by atoms with E-state index in [1.54, 1.807) is 16.0 Å². The number of pyridine rings is 1. The molecule has 5 heterocycles. The van der Waals surface area contributed by atoms with E-state index < -0.39 is 5.97 Å². The number of rotatable bonds is 7. The number of ether oxygens (including phenoxy) is 3. The van der Waals surface area contributed by atoms with E-state index in [0.29, 0.717) is 66.6 Å². The van der Waals surface area contributed by atoms with Gasteiger partial charge in [0, 0.05) is 51.9 Å². The summed E-state index contributed by atoms with van der Waals surface area (Å²) in [5, 5.41) is 11.8. The van der Waals surface area contributed by atoms with Crippen molar-refractivity contribution in [3.63, 3.8) is 0 Å². The molecule has 0 amide bonds. The van der Waals surface area contributed by atoms with Gasteiger partial charge in [0.2, 0.25) is 0 Å². The molecule has 1 atom stereocenters. The van der Waals surface area contributed by atoms with E-state index >= 15 is 0 Å². The van der Waals surface area contributed by atoms with E-state index in [-0.39, 0.29) is 23.3 Å². The van der Waals surface area contributed by atoms with Crippen molar-refractivity contribution in [2.45, 2.75) is 64.1 Å². The highest BCUT2D eigenvalue weighted by molar-refractivity contribution is 7.18. The molecule has 0 radical (unpaired) electrons. The highest BCUT2D eigenvalue weighted by Crippen LogP contribution is 2.40. The van der Waals surface area contributed by atoms with Crippen LogP contribution in [0.5, 0.6) is 5.75 Å². The molecule has 7 rings (SSSR count). The van der Waals surface area contributed by atoms with Crippen LogP contribution in [0.25, 0.3) is 21.3 Å². The number of benzene rings is 1. The largest absolute Gasteiger partial charge is 0.491 e. The van der Waals surface area contributed by atoms with Gasteiger partial charge < -0.3 is 19.3 Å². The van der Waals surface area contributed by atoms with Crippen molar-refractivity contribution < 1.29 is 24.1 Å². The first-order valence-corrected chi connectivity index (χ1v) is 17.1. The Morgan fingerprint density at radius 1 is 1.17 bits per heavy atom. The number of piperidine rings is 1. The van der Waals surface area contributed by atoms with Crippen LogP contribution in [0.1, 0.15) is 52.4 Å². The van der Waals surface area contributed by atoms with Gasteiger partial charge in [-0.15, -0.1) is 11.3 Å². The number of hydrogen-bond acceptors (Lipinski definition) is 9. The van der Waals surface area contributed by atoms with Gasteiger partial charge in [0.1, 0.15) is 18.2 Å². The van der Waals surface area contributed by atoms with Gasteiger partial charge in [0.15, 0.2) is 0 Å². The van der Waals surface area contributed by atoms with Gasteiger partial charge in [-0.25, -0.2) is 9.78 Å². The van der Waals surface area contributed by atoms with Crippen molar-refractivity contribution in [3.05, 3.63) is 73.4 Å². The fraction of sp³-hybridized carbons (Fsp3) is 0.471. The molecule has 46 heavy (non-hydrogen) atoms. The van der Waals surface area contributed by atoms with E-state index in [0.717, 1.165) is 65.9 Å². The van der Waals surface area contributed by atoms with Gasteiger partial charge in [0.05, 0.1) is 53.4 Å². The minimum atomic E-state index is -1.02. The smallest absolute Gasteiger partial charge is 0.338 e. The standard InChI is InChI=1S/C34H37ClN4O6S/c1-20-15-25(31-30(36-20)27(18-46-31)33(41)42)24-16-22(35)3-6-29(24)44-12-11-39-21(2)37-28-5-4-23(17-26(28)32(39)40)38-9-7-34(8-10-38)19-43-13-14-45-34/h3,6,15-16,18,23H,4-5,7-14,17,19H2,1-2H3,(H,41,42)/t23-/m0/s1. The summed E-state index contributed by atoms with van der Waals surface area (Å²) in [6.07, 6.45) is 4.40. The molecule has 10 nitrogen and oxygen atoms in total. The molecule has 3 aromatic heterocycles. The molecule has 0 unspecified atom stereocenters. The normalized spacial score (nSPS) is 19.8. The quantitative estimate of drug-likeness (QED) is 0.281. The fourth-order valence-electron chi connectivity index (χ4n) is 7.16. The molecule has 242 valence electrons. The number of carboxylic acid groups (broad SMARTS) is 1. The molecule has 0 bridgehead atoms. The zero-order chi connectivity index (χ0) is 32.0. The summed E-state index contributed by atoms with van der Waals surface area (Å²) in [6, 6.07) is 7.62. The van der Waals surface area contributed by atoms with Crippen molar-refractivity contribution in [1.82, 2.24) is 19.4 Å². The Hall–Kier alpha value is -3.35. The van der Waals surface area contributed by atoms with Gasteiger partial charge in [-0.2, -0.15) is 0 Å². The van der Waals surface area contributed by atoms with Gasteiger partial charge in [-0.1, -0.05) is 11.6 Å². The van der Waals surface area contributed by atoms with E-state index in [1.165, 1.54) is 11.3 Å². The van der Waals surface area contributed by atoms with Crippen LogP contribution in [-0.4, -0.2) is 81.7 Å². The molecule has 4 aromatic rings. The van der Waals surface area contributed by atoms with Crippen LogP contribution in [0, 0.1) is 13.8 Å². The molecule has 2 aliphatic heterocycles. The zero-order valence-corrected chi connectivity index (χ0v) is 27.6. The van der Waals surface area contributed by atoms with E-state index in [2.05, 4.69) is 9.88 Å². The summed E-state index contributed by atoms with van der Waals surface area (Å²) in [5.41, 5.74) is 4.44. The SMILES string of the molecule is Cc1cc(-c2cc(Cl)ccc2OCCn2c(C)nc3c(c2=O)C[C@@H](N2CCC4(CC2)COCCO4)CC3)c2scc(C(=O)O)c2n1. The van der Waals surface area contributed by atoms with Crippen LogP contribution in [0.15, 0.2) is 34.4 Å². The predicted molar refractivity (Wildman–Crippen MR) is 177 cm³/mol. The average Bonchev–Trinajstić information content (AvgIpc) is 3.48. The molecule has 12 heteroatoms. The molecule has 1 aromatic carbocycles. The molecular weight excluding hydrogens is 628 g/mol. The number of likely N-dealkylation sites (tertiary alicyclic amines) is 1. The summed E-state index contributed by atoms with van der Waals surface area (Å²) in [5.74, 6) is 0.258. The van der Waals surface area contributed by atoms with Gasteiger partial charge in [-0.05, 0) is 70.2 Å². The summed E-state index contributed by atoms with van der Waals surface area (Å²) < 4.78 is 20.6. The molecule has 1 N–H and O–H groups in total. The lowest BCUT2D eigenvalue weighted by molar-refractivity contribution is -0.179. The number of aryl methyl sites for hydroxylation is 3. The molecule has 2 fully saturated rings. The van der Waals surface area contributed by atoms with Crippen molar-refractivity contribution in [2.75, 3.05) is 39.5 Å². The predicted octanol–water partition coefficient (Wildman–Crippen LogP) is 5.31. The van der Waals surface area contributed by atoms with Crippen LogP contribution in [0.3, 0.4) is 0 Å². The van der Waals surface area contributed by atoms with Crippen LogP contribution in [-0.2, 0) is 28.9 Å². The molecule has 2 saturated heterocycles. The number of fused-ring (bicyclic) bond motifs is 2. The lowest BCUT2D eigenvalue weighted by Crippen LogP contribution is -2.54. The monoisotopic (exact) mass is 664 g/mol. The Morgan fingerprint density at radius 3 is 2.76 bits per heavy atom. The maximum Gasteiger partial charge on any atom is 0.338 e. The first kappa shape index (κ1) is 31.3. The average molecular weight is 665 g/mol. The minimum absolute atomic E-state index is 0.0101. The van der Waals surface area contributed by atoms with Gasteiger partial charge >= 0.3 is 5.97 Å². The summed E-state index contributed by atoms with van der Waals surface area (Å²) in [7, 11) is 0. The number of carboxylic acids is 1. The van der Waals surface area contributed by atoms with Crippen LogP contribution >= 0.6 is 22.9 Å². The Kier molecular flexibility index (Phi) is 8.62. The van der Waals surface area contributed by atoms with Crippen molar-refractivity contribution in [3.8, 4) is 16.9 Å². The highest BCUT2D eigenvalue weighted by Gasteiger charge is 2.40. The maximum absolute atomic E-state index is 13.9. The topological polar surface area (TPSA) is 116 Å². The Balaban J connectivity index is 1.08. The summed E-state index contributed by atoms with van der Waals surface area (Å²) in [6.45, 7) is 8.21. The van der Waals surface area contributed by atoms with Gasteiger partial charge in [-0.3, -0.25) is 19.2 Å². The maximum atomic E-state index is 13.9. The number of carbonyl (C=O) groups is 1. The molecule has 3 aliphatic rings. The zero-order valence-electron chi connectivity index (χ0n) is 26.0. The van der Waals surface area contributed by atoms with E-state index in [9.17, 15) is 14.7 Å². The van der Waals surface area contributed by atoms with E-state index in [1.807, 2.05) is 32.0 Å². The Bertz CT molecular complexity index is 1860. The molecule has 1 spiro atoms. The van der Waals surface area contributed by atoms with Crippen molar-refractivity contribution >= 4 is 39.1 Å². The fourth-order valence-corrected chi connectivity index (χ4v) is 8.34. The second kappa shape index (κ2) is 12.7. The van der Waals surface area contributed by atoms with Crippen molar-refractivity contribution in [2.24, 2.45) is 0 Å². The summed E-state index contributed by atoms with van der Waals surface area (Å²) in [4.78, 5) is 37.6. The molecular formula is C34H37ClN4O6S. The third-order valence-electron chi connectivity index (χ3n) is 9.61. The minimum Gasteiger partial charge on any atom is -0.491 e. The van der Waals surface area contributed by atoms with Crippen LogP contribution in [0.4, 0.5) is 0 Å². The number of thiophene rings is 1. The molecule has 1 aliphatic carbocycles.